The molecule has 0 aliphatic rings. The van der Waals surface area contributed by atoms with E-state index in [0.717, 1.165) is 29.1 Å². The van der Waals surface area contributed by atoms with E-state index in [1.807, 2.05) is 64.0 Å². The predicted octanol–water partition coefficient (Wildman–Crippen LogP) is 2.46. The van der Waals surface area contributed by atoms with Crippen molar-refractivity contribution in [3.8, 4) is 0 Å². The summed E-state index contributed by atoms with van der Waals surface area (Å²) in [6.45, 7) is 6.86. The highest BCUT2D eigenvalue weighted by atomic mass is 16.2. The van der Waals surface area contributed by atoms with Crippen molar-refractivity contribution >= 4 is 29.1 Å². The van der Waals surface area contributed by atoms with Gasteiger partial charge in [0.1, 0.15) is 11.6 Å². The Labute approximate surface area is 185 Å². The summed E-state index contributed by atoms with van der Waals surface area (Å²) in [7, 11) is 5.56. The minimum absolute atomic E-state index is 0.0377. The number of rotatable bonds is 10. The maximum atomic E-state index is 12.0. The second kappa shape index (κ2) is 13.2. The highest BCUT2D eigenvalue weighted by Crippen LogP contribution is 2.26. The van der Waals surface area contributed by atoms with Crippen LogP contribution in [0, 0.1) is 0 Å². The third kappa shape index (κ3) is 7.90. The average Bonchev–Trinajstić information content (AvgIpc) is 2.75. The monoisotopic (exact) mass is 428 g/mol. The highest BCUT2D eigenvalue weighted by molar-refractivity contribution is 5.99. The molecule has 0 saturated carbocycles. The molecule has 0 bridgehead atoms. The molecule has 31 heavy (non-hydrogen) atoms. The van der Waals surface area contributed by atoms with Crippen LogP contribution in [0.3, 0.4) is 0 Å². The molecular weight excluding hydrogens is 392 g/mol. The van der Waals surface area contributed by atoms with Gasteiger partial charge in [0.2, 0.25) is 5.91 Å². The summed E-state index contributed by atoms with van der Waals surface area (Å²) in [6, 6.07) is 9.58. The van der Waals surface area contributed by atoms with Crippen LogP contribution in [0.1, 0.15) is 42.3 Å². The third-order valence-corrected chi connectivity index (χ3v) is 4.41. The Hall–Kier alpha value is -3.13. The van der Waals surface area contributed by atoms with Gasteiger partial charge in [-0.15, -0.1) is 0 Å². The van der Waals surface area contributed by atoms with E-state index < -0.39 is 5.91 Å². The topological polar surface area (TPSA) is 112 Å². The van der Waals surface area contributed by atoms with Crippen molar-refractivity contribution in [3.05, 3.63) is 47.0 Å². The summed E-state index contributed by atoms with van der Waals surface area (Å²) in [5.41, 5.74) is 8.76. The summed E-state index contributed by atoms with van der Waals surface area (Å²) in [5.74, 6) is 0.661. The molecule has 0 aliphatic carbocycles. The highest BCUT2D eigenvalue weighted by Gasteiger charge is 2.16. The second-order valence-corrected chi connectivity index (χ2v) is 6.94. The molecule has 5 N–H and O–H groups in total. The summed E-state index contributed by atoms with van der Waals surface area (Å²) in [4.78, 5) is 30.1. The fourth-order valence-corrected chi connectivity index (χ4v) is 2.99. The standard InChI is InChI=1S/C21H30N6O2.C2H6/c1-5-15-12-17(19(22)29)20(26-21(15)27(3)4)25-16-8-6-7-14(11-16)9-10-24-18(28)13-23-2;1-2/h6-8,11-12,23H,5,9-10,13H2,1-4H3,(H2,22,29)(H,24,28)(H,25,26);1-2H3. The fraction of sp³-hybridized carbons (Fsp3) is 0.435. The Morgan fingerprint density at radius 3 is 2.45 bits per heavy atom. The number of anilines is 3. The van der Waals surface area contributed by atoms with Crippen molar-refractivity contribution in [2.45, 2.75) is 33.6 Å². The Kier molecular flexibility index (Phi) is 11.1. The van der Waals surface area contributed by atoms with E-state index >= 15 is 0 Å². The number of pyridine rings is 1. The van der Waals surface area contributed by atoms with Crippen LogP contribution in [0.2, 0.25) is 0 Å². The van der Waals surface area contributed by atoms with Gasteiger partial charge in [-0.05, 0) is 49.2 Å². The van der Waals surface area contributed by atoms with Crippen LogP contribution < -0.4 is 26.6 Å². The number of aromatic nitrogens is 1. The Morgan fingerprint density at radius 2 is 1.87 bits per heavy atom. The molecule has 0 saturated heterocycles. The number of aryl methyl sites for hydroxylation is 1. The number of carbonyl (C=O) groups is 2. The van der Waals surface area contributed by atoms with E-state index in [4.69, 9.17) is 5.73 Å². The van der Waals surface area contributed by atoms with Crippen LogP contribution in [0.25, 0.3) is 0 Å². The van der Waals surface area contributed by atoms with E-state index in [-0.39, 0.29) is 5.91 Å². The molecule has 8 nitrogen and oxygen atoms in total. The summed E-state index contributed by atoms with van der Waals surface area (Å²) in [6.07, 6.45) is 1.44. The lowest BCUT2D eigenvalue weighted by Gasteiger charge is -2.19. The lowest BCUT2D eigenvalue weighted by atomic mass is 10.1. The van der Waals surface area contributed by atoms with Crippen molar-refractivity contribution in [1.82, 2.24) is 15.6 Å². The van der Waals surface area contributed by atoms with E-state index in [2.05, 4.69) is 20.9 Å². The van der Waals surface area contributed by atoms with Crippen LogP contribution in [0.15, 0.2) is 30.3 Å². The van der Waals surface area contributed by atoms with Crippen LogP contribution >= 0.6 is 0 Å². The van der Waals surface area contributed by atoms with Gasteiger partial charge in [-0.1, -0.05) is 32.9 Å². The quantitative estimate of drug-likeness (QED) is 0.462. The molecule has 0 aliphatic heterocycles. The molecule has 0 fully saturated rings. The Balaban J connectivity index is 0.00000233. The number of benzene rings is 1. The van der Waals surface area contributed by atoms with Crippen LogP contribution in [0.5, 0.6) is 0 Å². The number of carbonyl (C=O) groups excluding carboxylic acids is 2. The first-order chi connectivity index (χ1) is 14.8. The minimum atomic E-state index is -0.525. The first-order valence-corrected chi connectivity index (χ1v) is 10.6. The van der Waals surface area contributed by atoms with E-state index in [0.29, 0.717) is 30.9 Å². The van der Waals surface area contributed by atoms with Gasteiger partial charge >= 0.3 is 0 Å². The van der Waals surface area contributed by atoms with E-state index in [9.17, 15) is 9.59 Å². The van der Waals surface area contributed by atoms with Gasteiger partial charge < -0.3 is 26.6 Å². The lowest BCUT2D eigenvalue weighted by Crippen LogP contribution is -2.33. The van der Waals surface area contributed by atoms with Gasteiger partial charge in [0.05, 0.1) is 12.1 Å². The minimum Gasteiger partial charge on any atom is -0.365 e. The molecule has 0 atom stereocenters. The maximum Gasteiger partial charge on any atom is 0.252 e. The summed E-state index contributed by atoms with van der Waals surface area (Å²) in [5, 5.41) is 8.90. The summed E-state index contributed by atoms with van der Waals surface area (Å²) >= 11 is 0. The number of nitrogens with two attached hydrogens (primary N) is 1. The zero-order valence-electron chi connectivity index (χ0n) is 19.5. The third-order valence-electron chi connectivity index (χ3n) is 4.41. The van der Waals surface area contributed by atoms with Crippen molar-refractivity contribution in [3.63, 3.8) is 0 Å². The van der Waals surface area contributed by atoms with Gasteiger partial charge in [-0.2, -0.15) is 0 Å². The molecule has 2 aromatic rings. The molecule has 1 heterocycles. The zero-order chi connectivity index (χ0) is 23.4. The van der Waals surface area contributed by atoms with Gasteiger partial charge in [-0.25, -0.2) is 4.98 Å². The number of nitrogens with one attached hydrogen (secondary N) is 3. The SMILES string of the molecule is CC.CCc1cc(C(N)=O)c(Nc2cccc(CCNC(=O)CNC)c2)nc1N(C)C. The molecular formula is C23H36N6O2. The number of hydrogen-bond acceptors (Lipinski definition) is 6. The van der Waals surface area contributed by atoms with Gasteiger partial charge in [0, 0.05) is 26.3 Å². The number of primary amides is 1. The smallest absolute Gasteiger partial charge is 0.252 e. The predicted molar refractivity (Wildman–Crippen MR) is 128 cm³/mol. The number of hydrogen-bond donors (Lipinski definition) is 4. The van der Waals surface area contributed by atoms with Gasteiger partial charge in [0.15, 0.2) is 0 Å². The van der Waals surface area contributed by atoms with Crippen LogP contribution in [-0.4, -0.2) is 51.0 Å². The van der Waals surface area contributed by atoms with E-state index in [1.54, 1.807) is 13.1 Å². The van der Waals surface area contributed by atoms with Crippen LogP contribution in [-0.2, 0) is 17.6 Å². The Morgan fingerprint density at radius 1 is 1.16 bits per heavy atom. The van der Waals surface area contributed by atoms with Crippen LogP contribution in [0.4, 0.5) is 17.3 Å². The number of nitrogens with zero attached hydrogens (tertiary/aromatic N) is 2. The molecule has 1 aromatic carbocycles. The maximum absolute atomic E-state index is 12.0. The zero-order valence-corrected chi connectivity index (χ0v) is 19.5. The average molecular weight is 429 g/mol. The van der Waals surface area contributed by atoms with Crippen molar-refractivity contribution in [2.24, 2.45) is 5.73 Å². The summed E-state index contributed by atoms with van der Waals surface area (Å²) < 4.78 is 0. The number of amides is 2. The largest absolute Gasteiger partial charge is 0.365 e. The first-order valence-electron chi connectivity index (χ1n) is 10.6. The normalized spacial score (nSPS) is 10.0. The molecule has 2 amide bonds. The van der Waals surface area contributed by atoms with Gasteiger partial charge in [-0.3, -0.25) is 9.59 Å². The second-order valence-electron chi connectivity index (χ2n) is 6.94. The van der Waals surface area contributed by atoms with Gasteiger partial charge in [0.25, 0.3) is 5.91 Å². The van der Waals surface area contributed by atoms with E-state index in [1.165, 1.54) is 0 Å². The Bertz CT molecular complexity index is 867. The molecule has 1 aromatic heterocycles. The molecule has 0 spiro atoms. The molecule has 0 radical (unpaired) electrons. The first kappa shape index (κ1) is 25.9. The molecule has 0 unspecified atom stereocenters. The lowest BCUT2D eigenvalue weighted by molar-refractivity contribution is -0.120. The number of likely N-dealkylation sites (N-methyl/N-ethyl adjacent to an activating group) is 1. The molecule has 2 rings (SSSR count). The molecule has 8 heteroatoms. The fourth-order valence-electron chi connectivity index (χ4n) is 2.99. The van der Waals surface area contributed by atoms with Crippen molar-refractivity contribution in [1.29, 1.82) is 0 Å². The van der Waals surface area contributed by atoms with Crippen molar-refractivity contribution < 1.29 is 9.59 Å². The molecule has 170 valence electrons. The van der Waals surface area contributed by atoms with Crippen molar-refractivity contribution in [2.75, 3.05) is 44.4 Å².